The molecule has 0 bridgehead atoms. The van der Waals surface area contributed by atoms with Gasteiger partial charge in [-0.1, -0.05) is 0 Å². The van der Waals surface area contributed by atoms with Gasteiger partial charge in [0.15, 0.2) is 0 Å². The lowest BCUT2D eigenvalue weighted by molar-refractivity contribution is -0.386. The van der Waals surface area contributed by atoms with Crippen LogP contribution in [0.15, 0.2) is 29.5 Å². The molecule has 0 fully saturated rings. The average Bonchev–Trinajstić information content (AvgIpc) is 3.21. The molecule has 0 atom stereocenters. The first-order valence-electron chi connectivity index (χ1n) is 7.74. The lowest BCUT2D eigenvalue weighted by Crippen LogP contribution is -2.06. The van der Waals surface area contributed by atoms with Gasteiger partial charge in [0.05, 0.1) is 18.6 Å². The Morgan fingerprint density at radius 3 is 2.85 bits per heavy atom. The Bertz CT molecular complexity index is 961. The van der Waals surface area contributed by atoms with E-state index in [4.69, 9.17) is 4.74 Å². The number of nitro groups is 1. The molecule has 1 N–H and O–H groups in total. The lowest BCUT2D eigenvalue weighted by Gasteiger charge is -2.10. The zero-order valence-corrected chi connectivity index (χ0v) is 14.5. The second-order valence-corrected chi connectivity index (χ2v) is 5.57. The monoisotopic (exact) mass is 355 g/mol. The lowest BCUT2D eigenvalue weighted by atomic mass is 10.1. The van der Waals surface area contributed by atoms with Gasteiger partial charge in [0.2, 0.25) is 5.95 Å². The Kier molecular flexibility index (Phi) is 4.74. The van der Waals surface area contributed by atoms with Crippen molar-refractivity contribution in [3.63, 3.8) is 0 Å². The Labute approximate surface area is 148 Å². The molecule has 10 nitrogen and oxygen atoms in total. The summed E-state index contributed by atoms with van der Waals surface area (Å²) in [6.07, 6.45) is 3.02. The number of nitrogens with zero attached hydrogens (tertiary/aromatic N) is 6. The van der Waals surface area contributed by atoms with Crippen LogP contribution in [0.4, 0.5) is 11.6 Å². The summed E-state index contributed by atoms with van der Waals surface area (Å²) in [5.41, 5.74) is 2.57. The number of nitrogens with one attached hydrogen (secondary N) is 1. The van der Waals surface area contributed by atoms with Gasteiger partial charge in [0.25, 0.3) is 0 Å². The Hall–Kier alpha value is -3.56. The number of H-pyrrole nitrogens is 1. The van der Waals surface area contributed by atoms with E-state index in [2.05, 4.69) is 25.3 Å². The van der Waals surface area contributed by atoms with Crippen LogP contribution >= 0.6 is 0 Å². The Balaban J connectivity index is 1.93. The first-order chi connectivity index (χ1) is 12.5. The molecule has 0 saturated carbocycles. The van der Waals surface area contributed by atoms with Crippen molar-refractivity contribution in [3.05, 3.63) is 57.2 Å². The van der Waals surface area contributed by atoms with Crippen LogP contribution in [0.1, 0.15) is 22.5 Å². The fourth-order valence-corrected chi connectivity index (χ4v) is 2.67. The van der Waals surface area contributed by atoms with E-state index in [0.29, 0.717) is 29.6 Å². The predicted molar refractivity (Wildman–Crippen MR) is 94.1 cm³/mol. The van der Waals surface area contributed by atoms with Crippen LogP contribution in [-0.4, -0.2) is 43.2 Å². The first-order valence-corrected chi connectivity index (χ1v) is 7.74. The van der Waals surface area contributed by atoms with E-state index in [1.54, 1.807) is 31.9 Å². The summed E-state index contributed by atoms with van der Waals surface area (Å²) in [7, 11) is 1.57. The van der Waals surface area contributed by atoms with Crippen molar-refractivity contribution in [1.29, 1.82) is 0 Å². The zero-order valence-electron chi connectivity index (χ0n) is 14.5. The minimum absolute atomic E-state index is 0.0343. The van der Waals surface area contributed by atoms with Gasteiger partial charge in [-0.15, -0.1) is 0 Å². The van der Waals surface area contributed by atoms with E-state index in [-0.39, 0.29) is 5.69 Å². The number of rotatable bonds is 6. The van der Waals surface area contributed by atoms with Crippen molar-refractivity contribution in [3.8, 4) is 5.75 Å². The molecule has 1 aromatic carbocycles. The van der Waals surface area contributed by atoms with E-state index in [9.17, 15) is 10.1 Å². The highest BCUT2D eigenvalue weighted by Crippen LogP contribution is 2.25. The van der Waals surface area contributed by atoms with Crippen molar-refractivity contribution in [1.82, 2.24) is 25.0 Å². The number of benzene rings is 1. The highest BCUT2D eigenvalue weighted by molar-refractivity contribution is 5.81. The van der Waals surface area contributed by atoms with Crippen LogP contribution in [0, 0.1) is 24.0 Å². The third-order valence-corrected chi connectivity index (χ3v) is 3.89. The number of ether oxygens (including phenoxy) is 1. The maximum atomic E-state index is 11.2. The van der Waals surface area contributed by atoms with Gasteiger partial charge in [0, 0.05) is 11.8 Å². The van der Waals surface area contributed by atoms with Crippen molar-refractivity contribution in [2.24, 2.45) is 4.99 Å². The molecule has 0 aliphatic rings. The van der Waals surface area contributed by atoms with Crippen LogP contribution in [0.5, 0.6) is 5.75 Å². The Morgan fingerprint density at radius 1 is 1.42 bits per heavy atom. The largest absolute Gasteiger partial charge is 0.496 e. The van der Waals surface area contributed by atoms with E-state index >= 15 is 0 Å². The second kappa shape index (κ2) is 7.13. The summed E-state index contributed by atoms with van der Waals surface area (Å²) in [4.78, 5) is 18.9. The normalized spacial score (nSPS) is 11.2. The molecule has 134 valence electrons. The zero-order chi connectivity index (χ0) is 18.7. The van der Waals surface area contributed by atoms with Crippen molar-refractivity contribution < 1.29 is 9.66 Å². The summed E-state index contributed by atoms with van der Waals surface area (Å²) in [6, 6.07) is 5.56. The topological polar surface area (TPSA) is 124 Å². The van der Waals surface area contributed by atoms with Crippen LogP contribution in [0.3, 0.4) is 0 Å². The smallest absolute Gasteiger partial charge is 0.312 e. The molecule has 0 radical (unpaired) electrons. The first kappa shape index (κ1) is 17.3. The van der Waals surface area contributed by atoms with Crippen molar-refractivity contribution >= 4 is 17.9 Å². The molecule has 10 heteroatoms. The van der Waals surface area contributed by atoms with Gasteiger partial charge in [-0.2, -0.15) is 15.2 Å². The van der Waals surface area contributed by atoms with Crippen LogP contribution in [0.25, 0.3) is 0 Å². The number of hydrogen-bond acceptors (Lipinski definition) is 7. The minimum atomic E-state index is -0.411. The maximum absolute atomic E-state index is 11.2. The predicted octanol–water partition coefficient (Wildman–Crippen LogP) is 2.33. The fraction of sp³-hybridized carbons (Fsp3) is 0.250. The molecule has 0 aliphatic heterocycles. The third-order valence-electron chi connectivity index (χ3n) is 3.89. The van der Waals surface area contributed by atoms with Gasteiger partial charge in [0.1, 0.15) is 23.5 Å². The van der Waals surface area contributed by atoms with Crippen molar-refractivity contribution in [2.45, 2.75) is 20.4 Å². The molecular formula is C16H17N7O3. The summed E-state index contributed by atoms with van der Waals surface area (Å²) in [5.74, 6) is 1.06. The minimum Gasteiger partial charge on any atom is -0.496 e. The maximum Gasteiger partial charge on any atom is 0.312 e. The fourth-order valence-electron chi connectivity index (χ4n) is 2.67. The van der Waals surface area contributed by atoms with Crippen molar-refractivity contribution in [2.75, 3.05) is 7.11 Å². The molecule has 0 unspecified atom stereocenters. The summed E-state index contributed by atoms with van der Waals surface area (Å²) < 4.78 is 7.00. The number of aromatic nitrogens is 5. The molecule has 2 aromatic heterocycles. The van der Waals surface area contributed by atoms with E-state index in [1.807, 2.05) is 18.2 Å². The van der Waals surface area contributed by atoms with Gasteiger partial charge in [-0.05, 0) is 37.6 Å². The number of aryl methyl sites for hydroxylation is 1. The van der Waals surface area contributed by atoms with E-state index in [1.165, 1.54) is 6.33 Å². The summed E-state index contributed by atoms with van der Waals surface area (Å²) >= 11 is 0. The standard InChI is InChI=1S/C16H17N7O3/c1-10-15(23(24)25)11(2)22(21-10)8-13-6-12(4-5-14(13)26-3)7-17-16-18-9-19-20-16/h4-7,9H,8H2,1-3H3,(H,18,19,20). The van der Waals surface area contributed by atoms with Gasteiger partial charge < -0.3 is 4.74 Å². The molecule has 0 aliphatic carbocycles. The molecule has 3 rings (SSSR count). The summed E-state index contributed by atoms with van der Waals surface area (Å²) in [6.45, 7) is 3.65. The molecular weight excluding hydrogens is 338 g/mol. The third kappa shape index (κ3) is 3.43. The molecule has 0 saturated heterocycles. The number of hydrogen-bond donors (Lipinski definition) is 1. The molecule has 26 heavy (non-hydrogen) atoms. The average molecular weight is 355 g/mol. The summed E-state index contributed by atoms with van der Waals surface area (Å²) in [5, 5.41) is 21.8. The SMILES string of the molecule is COc1ccc(C=Nc2ncn[nH]2)cc1Cn1nc(C)c([N+](=O)[O-])c1C. The van der Waals surface area contributed by atoms with Crippen LogP contribution in [0.2, 0.25) is 0 Å². The van der Waals surface area contributed by atoms with Crippen LogP contribution in [-0.2, 0) is 6.54 Å². The molecule has 2 heterocycles. The van der Waals surface area contributed by atoms with E-state index in [0.717, 1.165) is 11.1 Å². The highest BCUT2D eigenvalue weighted by atomic mass is 16.6. The van der Waals surface area contributed by atoms with Gasteiger partial charge >= 0.3 is 5.69 Å². The quantitative estimate of drug-likeness (QED) is 0.411. The van der Waals surface area contributed by atoms with Crippen LogP contribution < -0.4 is 4.74 Å². The number of methoxy groups -OCH3 is 1. The Morgan fingerprint density at radius 2 is 2.23 bits per heavy atom. The number of aromatic amines is 1. The number of aliphatic imine (C=N–C) groups is 1. The van der Waals surface area contributed by atoms with Gasteiger partial charge in [-0.25, -0.2) is 10.1 Å². The molecule has 0 amide bonds. The molecule has 0 spiro atoms. The van der Waals surface area contributed by atoms with Gasteiger partial charge in [-0.3, -0.25) is 14.8 Å². The second-order valence-electron chi connectivity index (χ2n) is 5.57. The molecule has 3 aromatic rings. The highest BCUT2D eigenvalue weighted by Gasteiger charge is 2.22. The van der Waals surface area contributed by atoms with E-state index < -0.39 is 4.92 Å².